The van der Waals surface area contributed by atoms with Crippen LogP contribution in [0.4, 0.5) is 5.82 Å². The van der Waals surface area contributed by atoms with Gasteiger partial charge in [0.05, 0.1) is 23.9 Å². The van der Waals surface area contributed by atoms with Gasteiger partial charge in [-0.05, 0) is 80.7 Å². The summed E-state index contributed by atoms with van der Waals surface area (Å²) in [5, 5.41) is 17.9. The minimum atomic E-state index is -0.285. The SMILES string of the molecule is Cc1cc([C@H](C)n2cc(C(=O)N[C@H]3C[C@@H](C4(C)CC(Cl)=CC=C4C#N)C3)cn2)cnc1N1C[C@H]2C[C@H]2C1=O. The van der Waals surface area contributed by atoms with Gasteiger partial charge < -0.3 is 5.32 Å². The molecule has 2 aromatic rings. The van der Waals surface area contributed by atoms with Crippen LogP contribution in [-0.4, -0.2) is 39.2 Å². The Bertz CT molecular complexity index is 1430. The lowest BCUT2D eigenvalue weighted by Gasteiger charge is -2.48. The summed E-state index contributed by atoms with van der Waals surface area (Å²) in [7, 11) is 0. The van der Waals surface area contributed by atoms with Crippen LogP contribution in [-0.2, 0) is 4.79 Å². The van der Waals surface area contributed by atoms with Crippen LogP contribution in [0.1, 0.15) is 67.1 Å². The predicted molar refractivity (Wildman–Crippen MR) is 143 cm³/mol. The van der Waals surface area contributed by atoms with E-state index in [1.807, 2.05) is 24.8 Å². The van der Waals surface area contributed by atoms with Crippen LogP contribution >= 0.6 is 11.6 Å². The van der Waals surface area contributed by atoms with Crippen molar-refractivity contribution in [3.8, 4) is 6.07 Å². The molecule has 2 aromatic heterocycles. The molecule has 1 saturated heterocycles. The van der Waals surface area contributed by atoms with E-state index in [0.29, 0.717) is 23.8 Å². The van der Waals surface area contributed by atoms with Gasteiger partial charge in [-0.2, -0.15) is 10.4 Å². The number of piperidine rings is 1. The molecule has 0 spiro atoms. The molecule has 196 valence electrons. The highest BCUT2D eigenvalue weighted by molar-refractivity contribution is 6.29. The lowest BCUT2D eigenvalue weighted by Crippen LogP contribution is -2.50. The number of anilines is 1. The number of fused-ring (bicyclic) bond motifs is 1. The molecule has 3 heterocycles. The summed E-state index contributed by atoms with van der Waals surface area (Å²) in [6, 6.07) is 4.33. The molecule has 1 unspecified atom stereocenters. The summed E-state index contributed by atoms with van der Waals surface area (Å²) in [6.45, 7) is 6.87. The van der Waals surface area contributed by atoms with Crippen molar-refractivity contribution in [3.05, 3.63) is 64.1 Å². The number of aryl methyl sites for hydroxylation is 1. The maximum atomic E-state index is 13.0. The maximum absolute atomic E-state index is 13.0. The molecule has 1 aliphatic heterocycles. The van der Waals surface area contributed by atoms with Crippen molar-refractivity contribution in [1.82, 2.24) is 20.1 Å². The minimum absolute atomic E-state index is 0.0634. The van der Waals surface area contributed by atoms with Gasteiger partial charge in [0.2, 0.25) is 5.91 Å². The summed E-state index contributed by atoms with van der Waals surface area (Å²) >= 11 is 6.29. The maximum Gasteiger partial charge on any atom is 0.254 e. The van der Waals surface area contributed by atoms with Gasteiger partial charge in [-0.1, -0.05) is 18.5 Å². The standard InChI is InChI=1S/C29H31ClN6O2/c1-16-6-18(12-32-26(16)35-14-19-7-25(19)28(35)38)17(2)36-15-20(13-33-36)27(37)34-24-8-22(9-24)29(3)10-23(30)5-4-21(29)11-31/h4-6,12-13,15,17,19,22,24-25H,7-10,14H2,1-3H3,(H,34,37)/t17-,19+,22-,24+,25+,29?/m0/s1. The van der Waals surface area contributed by atoms with Crippen molar-refractivity contribution in [1.29, 1.82) is 5.26 Å². The topological polar surface area (TPSA) is 104 Å². The Kier molecular flexibility index (Phi) is 5.95. The van der Waals surface area contributed by atoms with Crippen molar-refractivity contribution in [2.75, 3.05) is 11.4 Å². The quantitative estimate of drug-likeness (QED) is 0.584. The number of rotatable bonds is 6. The number of pyridine rings is 1. The minimum Gasteiger partial charge on any atom is -0.349 e. The van der Waals surface area contributed by atoms with Crippen molar-refractivity contribution < 1.29 is 9.59 Å². The molecule has 4 atom stereocenters. The first-order valence-corrected chi connectivity index (χ1v) is 13.7. The third-order valence-electron chi connectivity index (χ3n) is 9.07. The zero-order chi connectivity index (χ0) is 26.8. The number of aromatic nitrogens is 3. The third kappa shape index (κ3) is 4.14. The fraction of sp³-hybridized carbons (Fsp3) is 0.483. The Morgan fingerprint density at radius 3 is 2.76 bits per heavy atom. The van der Waals surface area contributed by atoms with Crippen LogP contribution in [0.2, 0.25) is 0 Å². The molecule has 9 heteroatoms. The molecule has 3 fully saturated rings. The Hall–Kier alpha value is -3.44. The number of nitrogens with one attached hydrogen (secondary N) is 1. The van der Waals surface area contributed by atoms with E-state index in [1.165, 1.54) is 0 Å². The van der Waals surface area contributed by atoms with Gasteiger partial charge in [0.1, 0.15) is 5.82 Å². The number of carbonyl (C=O) groups excluding carboxylic acids is 2. The Morgan fingerprint density at radius 2 is 2.08 bits per heavy atom. The van der Waals surface area contributed by atoms with Crippen molar-refractivity contribution in [2.45, 2.75) is 58.5 Å². The van der Waals surface area contributed by atoms with Crippen LogP contribution in [0, 0.1) is 41.4 Å². The largest absolute Gasteiger partial charge is 0.349 e. The number of amides is 2. The van der Waals surface area contributed by atoms with Gasteiger partial charge in [-0.25, -0.2) is 4.98 Å². The first kappa shape index (κ1) is 24.9. The molecular formula is C29H31ClN6O2. The normalized spacial score (nSPS) is 30.5. The number of hydrogen-bond acceptors (Lipinski definition) is 5. The van der Waals surface area contributed by atoms with E-state index in [-0.39, 0.29) is 35.2 Å². The molecule has 1 N–H and O–H groups in total. The highest BCUT2D eigenvalue weighted by Crippen LogP contribution is 2.52. The molecule has 0 bridgehead atoms. The van der Waals surface area contributed by atoms with Crippen molar-refractivity contribution >= 4 is 29.2 Å². The van der Waals surface area contributed by atoms with Crippen LogP contribution in [0.3, 0.4) is 0 Å². The number of halogens is 1. The van der Waals surface area contributed by atoms with Gasteiger partial charge in [0, 0.05) is 46.9 Å². The first-order chi connectivity index (χ1) is 18.2. The van der Waals surface area contributed by atoms with E-state index < -0.39 is 0 Å². The van der Waals surface area contributed by atoms with Gasteiger partial charge in [-0.3, -0.25) is 19.2 Å². The lowest BCUT2D eigenvalue weighted by molar-refractivity contribution is -0.118. The summed E-state index contributed by atoms with van der Waals surface area (Å²) < 4.78 is 1.77. The van der Waals surface area contributed by atoms with Gasteiger partial charge in [0.25, 0.3) is 5.91 Å². The summed E-state index contributed by atoms with van der Waals surface area (Å²) in [5.74, 6) is 1.79. The first-order valence-electron chi connectivity index (χ1n) is 13.3. The van der Waals surface area contributed by atoms with Gasteiger partial charge in [-0.15, -0.1) is 0 Å². The number of allylic oxidation sites excluding steroid dienone is 4. The smallest absolute Gasteiger partial charge is 0.254 e. The average Bonchev–Trinajstić information content (AvgIpc) is 3.32. The number of hydrogen-bond donors (Lipinski definition) is 1. The molecule has 2 saturated carbocycles. The summed E-state index contributed by atoms with van der Waals surface area (Å²) in [6.07, 6.45) is 12.1. The summed E-state index contributed by atoms with van der Waals surface area (Å²) in [5.41, 5.74) is 2.91. The van der Waals surface area contributed by atoms with E-state index in [1.54, 1.807) is 29.3 Å². The predicted octanol–water partition coefficient (Wildman–Crippen LogP) is 4.67. The number of nitrogens with zero attached hydrogens (tertiary/aromatic N) is 5. The zero-order valence-corrected chi connectivity index (χ0v) is 22.6. The Labute approximate surface area is 227 Å². The van der Waals surface area contributed by atoms with Crippen molar-refractivity contribution in [2.24, 2.45) is 23.2 Å². The van der Waals surface area contributed by atoms with Crippen LogP contribution in [0.15, 0.2) is 47.4 Å². The second kappa shape index (κ2) is 9.09. The molecule has 0 radical (unpaired) electrons. The van der Waals surface area contributed by atoms with Crippen LogP contribution < -0.4 is 10.2 Å². The third-order valence-corrected chi connectivity index (χ3v) is 9.33. The molecule has 3 aliphatic carbocycles. The zero-order valence-electron chi connectivity index (χ0n) is 21.8. The highest BCUT2D eigenvalue weighted by Gasteiger charge is 2.53. The monoisotopic (exact) mass is 530 g/mol. The molecule has 8 nitrogen and oxygen atoms in total. The van der Waals surface area contributed by atoms with Gasteiger partial charge in [0.15, 0.2) is 0 Å². The fourth-order valence-corrected chi connectivity index (χ4v) is 6.65. The van der Waals surface area contributed by atoms with Gasteiger partial charge >= 0.3 is 0 Å². The molecule has 6 rings (SSSR count). The molecule has 38 heavy (non-hydrogen) atoms. The Morgan fingerprint density at radius 1 is 1.29 bits per heavy atom. The summed E-state index contributed by atoms with van der Waals surface area (Å²) in [4.78, 5) is 31.9. The molecular weight excluding hydrogens is 500 g/mol. The molecule has 2 amide bonds. The second-order valence-electron chi connectivity index (χ2n) is 11.6. The molecule has 4 aliphatic rings. The van der Waals surface area contributed by atoms with Crippen molar-refractivity contribution in [3.63, 3.8) is 0 Å². The van der Waals surface area contributed by atoms with E-state index in [0.717, 1.165) is 53.4 Å². The van der Waals surface area contributed by atoms with Crippen LogP contribution in [0.5, 0.6) is 0 Å². The van der Waals surface area contributed by atoms with E-state index in [2.05, 4.69) is 34.5 Å². The molecule has 0 aromatic carbocycles. The Balaban J connectivity index is 1.07. The van der Waals surface area contributed by atoms with E-state index >= 15 is 0 Å². The van der Waals surface area contributed by atoms with E-state index in [4.69, 9.17) is 11.6 Å². The number of nitriles is 1. The number of carbonyl (C=O) groups is 2. The second-order valence-corrected chi connectivity index (χ2v) is 12.1. The van der Waals surface area contributed by atoms with E-state index in [9.17, 15) is 14.9 Å². The fourth-order valence-electron chi connectivity index (χ4n) is 6.31. The average molecular weight is 531 g/mol. The lowest BCUT2D eigenvalue weighted by atomic mass is 9.58. The highest BCUT2D eigenvalue weighted by atomic mass is 35.5. The van der Waals surface area contributed by atoms with Crippen LogP contribution in [0.25, 0.3) is 0 Å².